The lowest BCUT2D eigenvalue weighted by atomic mass is 9.86. The summed E-state index contributed by atoms with van der Waals surface area (Å²) in [5.74, 6) is -0.642. The number of benzene rings is 2. The van der Waals surface area contributed by atoms with Gasteiger partial charge in [-0.25, -0.2) is 4.39 Å². The van der Waals surface area contributed by atoms with Crippen molar-refractivity contribution < 1.29 is 14.0 Å². The fraction of sp³-hybridized carbons (Fsp3) is 0.481. The first-order chi connectivity index (χ1) is 14.8. The van der Waals surface area contributed by atoms with Gasteiger partial charge in [0, 0.05) is 18.5 Å². The van der Waals surface area contributed by atoms with E-state index in [0.717, 1.165) is 11.1 Å². The molecule has 32 heavy (non-hydrogen) atoms. The molecule has 0 aromatic heterocycles. The quantitative estimate of drug-likeness (QED) is 0.628. The molecule has 1 unspecified atom stereocenters. The molecule has 0 spiro atoms. The van der Waals surface area contributed by atoms with E-state index in [0.29, 0.717) is 12.8 Å². The Hall–Kier alpha value is -2.69. The van der Waals surface area contributed by atoms with Gasteiger partial charge in [-0.05, 0) is 68.4 Å². The Labute approximate surface area is 192 Å². The number of nitrogens with zero attached hydrogens (tertiary/aromatic N) is 1. The molecule has 1 atom stereocenters. The number of amides is 2. The first-order valence-corrected chi connectivity index (χ1v) is 11.2. The van der Waals surface area contributed by atoms with Crippen LogP contribution >= 0.6 is 0 Å². The Morgan fingerprint density at radius 3 is 1.94 bits per heavy atom. The largest absolute Gasteiger partial charge is 0.350 e. The van der Waals surface area contributed by atoms with Crippen LogP contribution in [0.5, 0.6) is 0 Å². The van der Waals surface area contributed by atoms with Gasteiger partial charge in [0.05, 0.1) is 0 Å². The van der Waals surface area contributed by atoms with E-state index in [-0.39, 0.29) is 29.6 Å². The molecule has 0 aliphatic carbocycles. The molecule has 0 saturated heterocycles. The summed E-state index contributed by atoms with van der Waals surface area (Å²) in [5, 5.41) is 2.95. The summed E-state index contributed by atoms with van der Waals surface area (Å²) in [4.78, 5) is 27.6. The summed E-state index contributed by atoms with van der Waals surface area (Å²) in [6.07, 6.45) is 0.889. The monoisotopic (exact) mass is 440 g/mol. The van der Waals surface area contributed by atoms with E-state index in [1.165, 1.54) is 17.7 Å². The van der Waals surface area contributed by atoms with Crippen LogP contribution in [0.25, 0.3) is 0 Å². The van der Waals surface area contributed by atoms with Crippen molar-refractivity contribution in [3.63, 3.8) is 0 Å². The summed E-state index contributed by atoms with van der Waals surface area (Å²) in [5.41, 5.74) is 2.79. The predicted octanol–water partition coefficient (Wildman–Crippen LogP) is 5.39. The fourth-order valence-electron chi connectivity index (χ4n) is 3.41. The third-order valence-electron chi connectivity index (χ3n) is 5.38. The molecule has 4 nitrogen and oxygen atoms in total. The molecule has 2 rings (SSSR count). The number of rotatable bonds is 7. The predicted molar refractivity (Wildman–Crippen MR) is 128 cm³/mol. The van der Waals surface area contributed by atoms with E-state index in [2.05, 4.69) is 50.4 Å². The highest BCUT2D eigenvalue weighted by atomic mass is 19.1. The Morgan fingerprint density at radius 1 is 0.906 bits per heavy atom. The van der Waals surface area contributed by atoms with Crippen LogP contribution in [0.4, 0.5) is 4.39 Å². The molecule has 0 radical (unpaired) electrons. The molecule has 0 heterocycles. The maximum absolute atomic E-state index is 13.3. The molecule has 0 aliphatic rings. The summed E-state index contributed by atoms with van der Waals surface area (Å²) < 4.78 is 13.3. The molecular formula is C27H37FN2O2. The maximum Gasteiger partial charge on any atom is 0.242 e. The van der Waals surface area contributed by atoms with Gasteiger partial charge in [0.1, 0.15) is 11.9 Å². The van der Waals surface area contributed by atoms with Gasteiger partial charge < -0.3 is 10.2 Å². The van der Waals surface area contributed by atoms with Gasteiger partial charge >= 0.3 is 0 Å². The van der Waals surface area contributed by atoms with Crippen LogP contribution in [-0.2, 0) is 28.0 Å². The van der Waals surface area contributed by atoms with Crippen molar-refractivity contribution in [3.05, 3.63) is 71.0 Å². The number of aryl methyl sites for hydroxylation is 1. The van der Waals surface area contributed by atoms with E-state index in [1.54, 1.807) is 24.0 Å². The number of hydrogen-bond acceptors (Lipinski definition) is 2. The second-order valence-electron chi connectivity index (χ2n) is 10.5. The number of carbonyl (C=O) groups excluding carboxylic acids is 2. The zero-order valence-corrected chi connectivity index (χ0v) is 20.5. The Bertz CT molecular complexity index is 907. The van der Waals surface area contributed by atoms with Crippen molar-refractivity contribution in [2.24, 2.45) is 0 Å². The van der Waals surface area contributed by atoms with Crippen molar-refractivity contribution in [1.82, 2.24) is 10.2 Å². The third kappa shape index (κ3) is 7.77. The fourth-order valence-corrected chi connectivity index (χ4v) is 3.41. The summed E-state index contributed by atoms with van der Waals surface area (Å²) in [6.45, 7) is 14.2. The van der Waals surface area contributed by atoms with Crippen molar-refractivity contribution >= 4 is 11.8 Å². The van der Waals surface area contributed by atoms with Crippen LogP contribution < -0.4 is 5.32 Å². The molecule has 0 fully saturated rings. The standard InChI is InChI=1S/C27H37FN2O2/c1-19(25(32)29-27(5,6)7)30(18-21-10-15-23(28)16-11-21)24(31)17-12-20-8-13-22(14-9-20)26(2,3)4/h8-11,13-16,19H,12,17-18H2,1-7H3,(H,29,32). The van der Waals surface area contributed by atoms with Crippen LogP contribution in [0.2, 0.25) is 0 Å². The minimum absolute atomic E-state index is 0.0795. The van der Waals surface area contributed by atoms with Crippen LogP contribution in [0.15, 0.2) is 48.5 Å². The van der Waals surface area contributed by atoms with Gasteiger partial charge in [0.15, 0.2) is 0 Å². The molecule has 174 valence electrons. The van der Waals surface area contributed by atoms with Crippen molar-refractivity contribution in [3.8, 4) is 0 Å². The minimum atomic E-state index is -0.643. The first kappa shape index (κ1) is 25.6. The van der Waals surface area contributed by atoms with Crippen LogP contribution in [-0.4, -0.2) is 28.3 Å². The third-order valence-corrected chi connectivity index (χ3v) is 5.38. The Balaban J connectivity index is 2.15. The van der Waals surface area contributed by atoms with Crippen molar-refractivity contribution in [1.29, 1.82) is 0 Å². The second-order valence-corrected chi connectivity index (χ2v) is 10.5. The summed E-state index contributed by atoms with van der Waals surface area (Å²) in [7, 11) is 0. The molecule has 2 aromatic carbocycles. The molecule has 0 bridgehead atoms. The van der Waals surface area contributed by atoms with Crippen LogP contribution in [0, 0.1) is 5.82 Å². The topological polar surface area (TPSA) is 49.4 Å². The van der Waals surface area contributed by atoms with Crippen molar-refractivity contribution in [2.45, 2.75) is 84.8 Å². The van der Waals surface area contributed by atoms with Crippen LogP contribution in [0.1, 0.15) is 71.6 Å². The second kappa shape index (κ2) is 10.3. The number of nitrogens with one attached hydrogen (secondary N) is 1. The lowest BCUT2D eigenvalue weighted by Gasteiger charge is -2.31. The average Bonchev–Trinajstić information content (AvgIpc) is 2.69. The van der Waals surface area contributed by atoms with Gasteiger partial charge in [-0.1, -0.05) is 57.2 Å². The number of halogens is 1. The van der Waals surface area contributed by atoms with E-state index in [1.807, 2.05) is 20.8 Å². The van der Waals surface area contributed by atoms with Gasteiger partial charge in [0.2, 0.25) is 11.8 Å². The van der Waals surface area contributed by atoms with E-state index >= 15 is 0 Å². The smallest absolute Gasteiger partial charge is 0.242 e. The summed E-state index contributed by atoms with van der Waals surface area (Å²) >= 11 is 0. The SMILES string of the molecule is CC(C(=O)NC(C)(C)C)N(Cc1ccc(F)cc1)C(=O)CCc1ccc(C(C)(C)C)cc1. The first-order valence-electron chi connectivity index (χ1n) is 11.2. The normalized spacial score (nSPS) is 12.9. The van der Waals surface area contributed by atoms with E-state index in [9.17, 15) is 14.0 Å². The molecule has 1 N–H and O–H groups in total. The molecule has 0 aliphatic heterocycles. The number of carbonyl (C=O) groups is 2. The van der Waals surface area contributed by atoms with Gasteiger partial charge in [0.25, 0.3) is 0 Å². The van der Waals surface area contributed by atoms with Gasteiger partial charge in [-0.3, -0.25) is 9.59 Å². The highest BCUT2D eigenvalue weighted by molar-refractivity contribution is 5.87. The highest BCUT2D eigenvalue weighted by Gasteiger charge is 2.28. The molecular weight excluding hydrogens is 403 g/mol. The van der Waals surface area contributed by atoms with Crippen molar-refractivity contribution in [2.75, 3.05) is 0 Å². The zero-order valence-electron chi connectivity index (χ0n) is 20.5. The Morgan fingerprint density at radius 2 is 1.44 bits per heavy atom. The zero-order chi connectivity index (χ0) is 24.1. The molecule has 2 amide bonds. The average molecular weight is 441 g/mol. The highest BCUT2D eigenvalue weighted by Crippen LogP contribution is 2.23. The lowest BCUT2D eigenvalue weighted by Crippen LogP contribution is -2.52. The minimum Gasteiger partial charge on any atom is -0.350 e. The van der Waals surface area contributed by atoms with Crippen LogP contribution in [0.3, 0.4) is 0 Å². The molecule has 0 saturated carbocycles. The lowest BCUT2D eigenvalue weighted by molar-refractivity contribution is -0.141. The molecule has 2 aromatic rings. The Kier molecular flexibility index (Phi) is 8.22. The molecule has 5 heteroatoms. The van der Waals surface area contributed by atoms with Gasteiger partial charge in [-0.15, -0.1) is 0 Å². The summed E-state index contributed by atoms with van der Waals surface area (Å²) in [6, 6.07) is 13.7. The number of hydrogen-bond donors (Lipinski definition) is 1. The maximum atomic E-state index is 13.3. The van der Waals surface area contributed by atoms with E-state index in [4.69, 9.17) is 0 Å². The van der Waals surface area contributed by atoms with Gasteiger partial charge in [-0.2, -0.15) is 0 Å². The van der Waals surface area contributed by atoms with E-state index < -0.39 is 11.6 Å².